The largest absolute Gasteiger partial charge is 0.353 e. The maximum absolute atomic E-state index is 5.44. The van der Waals surface area contributed by atoms with Crippen molar-refractivity contribution in [2.45, 2.75) is 0 Å². The summed E-state index contributed by atoms with van der Waals surface area (Å²) in [5, 5.41) is 9.23. The van der Waals surface area contributed by atoms with E-state index in [2.05, 4.69) is 153 Å². The van der Waals surface area contributed by atoms with E-state index in [4.69, 9.17) is 15.0 Å². The van der Waals surface area contributed by atoms with E-state index < -0.39 is 0 Å². The van der Waals surface area contributed by atoms with Gasteiger partial charge in [-0.15, -0.1) is 0 Å². The summed E-state index contributed by atoms with van der Waals surface area (Å²) in [5.41, 5.74) is 9.33. The van der Waals surface area contributed by atoms with Crippen LogP contribution in [0.25, 0.3) is 111 Å². The molecule has 0 aliphatic carbocycles. The highest BCUT2D eigenvalue weighted by Crippen LogP contribution is 2.40. The zero-order valence-corrected chi connectivity index (χ0v) is 27.7. The number of benzene rings is 7. The summed E-state index contributed by atoms with van der Waals surface area (Å²) in [4.78, 5) is 23.5. The molecule has 0 unspecified atom stereocenters. The Morgan fingerprint density at radius 3 is 1.29 bits per heavy atom. The molecule has 0 radical (unpaired) electrons. The van der Waals surface area contributed by atoms with Crippen molar-refractivity contribution in [3.05, 3.63) is 152 Å². The molecular weight excluding hydrogens is 639 g/mol. The average Bonchev–Trinajstić information content (AvgIpc) is 3.96. The number of para-hydroxylation sites is 4. The predicted octanol–water partition coefficient (Wildman–Crippen LogP) is 11.0. The van der Waals surface area contributed by atoms with Gasteiger partial charge in [-0.05, 0) is 24.3 Å². The van der Waals surface area contributed by atoms with Crippen LogP contribution in [0.5, 0.6) is 0 Å². The Morgan fingerprint density at radius 1 is 0.346 bits per heavy atom. The van der Waals surface area contributed by atoms with Gasteiger partial charge >= 0.3 is 0 Å². The summed E-state index contributed by atoms with van der Waals surface area (Å²) in [6.45, 7) is 0. The molecule has 12 aromatic rings. The number of aromatic amines is 2. The zero-order chi connectivity index (χ0) is 33.9. The first-order valence-corrected chi connectivity index (χ1v) is 17.5. The number of hydrogen-bond acceptors (Lipinski definition) is 3. The minimum Gasteiger partial charge on any atom is -0.353 e. The van der Waals surface area contributed by atoms with Crippen LogP contribution in [0.1, 0.15) is 0 Å². The molecule has 7 aromatic carbocycles. The second kappa shape index (κ2) is 10.2. The van der Waals surface area contributed by atoms with E-state index in [-0.39, 0.29) is 0 Å². The third-order valence-corrected chi connectivity index (χ3v) is 10.7. The van der Waals surface area contributed by atoms with Crippen molar-refractivity contribution in [1.82, 2.24) is 34.1 Å². The summed E-state index contributed by atoms with van der Waals surface area (Å²) in [7, 11) is 0. The van der Waals surface area contributed by atoms with E-state index >= 15 is 0 Å². The van der Waals surface area contributed by atoms with Gasteiger partial charge in [-0.2, -0.15) is 15.0 Å². The lowest BCUT2D eigenvalue weighted by atomic mass is 10.1. The SMILES string of the molecule is c1ccc(-c2nc(-n3c4ccccc4c4ccc5c6ccccc6[nH]c5c43)nc(-n3c4ccccc4c4ccc5c6ccccc6[nH]c5c43)n2)cc1. The van der Waals surface area contributed by atoms with Gasteiger partial charge in [0.2, 0.25) is 11.9 Å². The lowest BCUT2D eigenvalue weighted by molar-refractivity contribution is 0.894. The molecule has 0 spiro atoms. The van der Waals surface area contributed by atoms with E-state index in [0.717, 1.165) is 82.0 Å². The molecule has 7 nitrogen and oxygen atoms in total. The molecule has 0 amide bonds. The summed E-state index contributed by atoms with van der Waals surface area (Å²) >= 11 is 0. The molecule has 0 fully saturated rings. The third kappa shape index (κ3) is 3.66. The van der Waals surface area contributed by atoms with Crippen LogP contribution < -0.4 is 0 Å². The monoisotopic (exact) mass is 665 g/mol. The Hall–Kier alpha value is -7.25. The quantitative estimate of drug-likeness (QED) is 0.197. The summed E-state index contributed by atoms with van der Waals surface area (Å²) in [6, 6.07) is 53.1. The fourth-order valence-corrected chi connectivity index (χ4v) is 8.43. The molecule has 0 bridgehead atoms. The fourth-order valence-electron chi connectivity index (χ4n) is 8.43. The van der Waals surface area contributed by atoms with Crippen LogP contribution in [0.4, 0.5) is 0 Å². The molecular formula is C45H27N7. The Balaban J connectivity index is 1.26. The second-order valence-electron chi connectivity index (χ2n) is 13.4. The first-order chi connectivity index (χ1) is 25.8. The van der Waals surface area contributed by atoms with Gasteiger partial charge < -0.3 is 9.97 Å². The van der Waals surface area contributed by atoms with E-state index in [1.165, 1.54) is 10.8 Å². The normalized spacial score (nSPS) is 12.2. The average molecular weight is 666 g/mol. The van der Waals surface area contributed by atoms with Gasteiger partial charge in [0.25, 0.3) is 0 Å². The summed E-state index contributed by atoms with van der Waals surface area (Å²) < 4.78 is 4.43. The molecule has 0 aliphatic heterocycles. The fraction of sp³-hybridized carbons (Fsp3) is 0. The van der Waals surface area contributed by atoms with Crippen molar-refractivity contribution in [3.8, 4) is 23.3 Å². The van der Waals surface area contributed by atoms with Crippen LogP contribution >= 0.6 is 0 Å². The minimum absolute atomic E-state index is 0.552. The number of hydrogen-bond donors (Lipinski definition) is 2. The Kier molecular flexibility index (Phi) is 5.38. The molecule has 0 saturated heterocycles. The van der Waals surface area contributed by atoms with Crippen molar-refractivity contribution in [2.24, 2.45) is 0 Å². The summed E-state index contributed by atoms with van der Waals surface area (Å²) in [5.74, 6) is 1.71. The molecule has 0 atom stereocenters. The number of fused-ring (bicyclic) bond motifs is 14. The standard InChI is InChI=1S/C45H27N7/c1-2-12-26(13-3-1)43-48-44(51-37-20-10-6-16-29(37)33-24-22-31-27-14-4-8-18-35(27)46-39(31)41(33)51)50-45(49-43)52-38-21-11-7-17-30(38)34-25-23-32-28-15-5-9-19-36(28)47-40(32)42(34)52/h1-25,46-47H. The van der Waals surface area contributed by atoms with E-state index in [1.54, 1.807) is 0 Å². The van der Waals surface area contributed by atoms with Gasteiger partial charge in [0, 0.05) is 59.7 Å². The minimum atomic E-state index is 0.552. The van der Waals surface area contributed by atoms with Crippen LogP contribution in [0.3, 0.4) is 0 Å². The zero-order valence-electron chi connectivity index (χ0n) is 27.7. The first-order valence-electron chi connectivity index (χ1n) is 17.5. The summed E-state index contributed by atoms with van der Waals surface area (Å²) in [6.07, 6.45) is 0. The molecule has 12 rings (SSSR count). The van der Waals surface area contributed by atoms with Crippen molar-refractivity contribution >= 4 is 87.2 Å². The maximum Gasteiger partial charge on any atom is 0.240 e. The highest BCUT2D eigenvalue weighted by Gasteiger charge is 2.23. The van der Waals surface area contributed by atoms with Crippen LogP contribution in [0.15, 0.2) is 152 Å². The van der Waals surface area contributed by atoms with Crippen molar-refractivity contribution in [2.75, 3.05) is 0 Å². The van der Waals surface area contributed by atoms with Gasteiger partial charge in [-0.25, -0.2) is 0 Å². The first kappa shape index (κ1) is 27.6. The van der Waals surface area contributed by atoms with Gasteiger partial charge in [-0.3, -0.25) is 9.13 Å². The molecule has 0 saturated carbocycles. The number of H-pyrrole nitrogens is 2. The Morgan fingerprint density at radius 2 is 0.769 bits per heavy atom. The van der Waals surface area contributed by atoms with Gasteiger partial charge in [-0.1, -0.05) is 127 Å². The smallest absolute Gasteiger partial charge is 0.240 e. The second-order valence-corrected chi connectivity index (χ2v) is 13.4. The van der Waals surface area contributed by atoms with Crippen molar-refractivity contribution < 1.29 is 0 Å². The molecule has 242 valence electrons. The molecule has 2 N–H and O–H groups in total. The van der Waals surface area contributed by atoms with E-state index in [0.29, 0.717) is 17.7 Å². The highest BCUT2D eigenvalue weighted by molar-refractivity contribution is 6.24. The molecule has 5 aromatic heterocycles. The van der Waals surface area contributed by atoms with Gasteiger partial charge in [0.15, 0.2) is 5.82 Å². The van der Waals surface area contributed by atoms with E-state index in [9.17, 15) is 0 Å². The molecule has 52 heavy (non-hydrogen) atoms. The highest BCUT2D eigenvalue weighted by atomic mass is 15.3. The number of nitrogens with one attached hydrogen (secondary N) is 2. The number of aromatic nitrogens is 7. The van der Waals surface area contributed by atoms with Gasteiger partial charge in [0.1, 0.15) is 0 Å². The number of nitrogens with zero attached hydrogens (tertiary/aromatic N) is 5. The Labute approximate surface area is 295 Å². The molecule has 5 heterocycles. The van der Waals surface area contributed by atoms with Crippen LogP contribution in [0, 0.1) is 0 Å². The number of rotatable bonds is 3. The van der Waals surface area contributed by atoms with Crippen molar-refractivity contribution in [1.29, 1.82) is 0 Å². The van der Waals surface area contributed by atoms with E-state index in [1.807, 2.05) is 18.2 Å². The van der Waals surface area contributed by atoms with Crippen LogP contribution in [-0.2, 0) is 0 Å². The predicted molar refractivity (Wildman–Crippen MR) is 213 cm³/mol. The maximum atomic E-state index is 5.44. The van der Waals surface area contributed by atoms with Crippen LogP contribution in [0.2, 0.25) is 0 Å². The third-order valence-electron chi connectivity index (χ3n) is 10.7. The van der Waals surface area contributed by atoms with Crippen molar-refractivity contribution in [3.63, 3.8) is 0 Å². The topological polar surface area (TPSA) is 80.1 Å². The van der Waals surface area contributed by atoms with Crippen LogP contribution in [-0.4, -0.2) is 34.1 Å². The van der Waals surface area contributed by atoms with Gasteiger partial charge in [0.05, 0.1) is 33.1 Å². The molecule has 7 heteroatoms. The molecule has 0 aliphatic rings. The Bertz CT molecular complexity index is 3210. The lowest BCUT2D eigenvalue weighted by Crippen LogP contribution is -2.10. The lowest BCUT2D eigenvalue weighted by Gasteiger charge is -2.13.